The number of benzene rings is 2. The van der Waals surface area contributed by atoms with Gasteiger partial charge in [-0.05, 0) is 30.7 Å². The third kappa shape index (κ3) is 2.91. The lowest BCUT2D eigenvalue weighted by atomic mass is 10.1. The Hall–Kier alpha value is -3.15. The summed E-state index contributed by atoms with van der Waals surface area (Å²) >= 11 is 0. The van der Waals surface area contributed by atoms with E-state index in [1.54, 1.807) is 30.3 Å². The van der Waals surface area contributed by atoms with Crippen LogP contribution in [0.3, 0.4) is 0 Å². The van der Waals surface area contributed by atoms with Crippen molar-refractivity contribution in [1.82, 2.24) is 4.98 Å². The molecule has 0 saturated heterocycles. The van der Waals surface area contributed by atoms with Gasteiger partial charge in [-0.25, -0.2) is 9.78 Å². The van der Waals surface area contributed by atoms with Crippen LogP contribution in [0.25, 0.3) is 22.4 Å². The molecule has 23 heavy (non-hydrogen) atoms. The van der Waals surface area contributed by atoms with Gasteiger partial charge in [0.15, 0.2) is 0 Å². The van der Waals surface area contributed by atoms with Gasteiger partial charge in [0.25, 0.3) is 0 Å². The molecule has 2 N–H and O–H groups in total. The molecule has 1 aromatic heterocycles. The molecule has 0 aliphatic rings. The zero-order valence-corrected chi connectivity index (χ0v) is 12.4. The number of fused-ring (bicyclic) bond motifs is 1. The third-order valence-electron chi connectivity index (χ3n) is 3.45. The highest BCUT2D eigenvalue weighted by Crippen LogP contribution is 2.27. The monoisotopic (exact) mass is 310 g/mol. The number of hydrogen-bond acceptors (Lipinski definition) is 5. The van der Waals surface area contributed by atoms with Gasteiger partial charge in [0.1, 0.15) is 6.54 Å². The second-order valence-corrected chi connectivity index (χ2v) is 5.07. The molecule has 1 heterocycles. The highest BCUT2D eigenvalue weighted by atomic mass is 16.4. The molecule has 0 unspecified atom stereocenters. The summed E-state index contributed by atoms with van der Waals surface area (Å²) in [4.78, 5) is 27.4. The quantitative estimate of drug-likeness (QED) is 0.769. The number of anilines is 1. The Morgan fingerprint density at radius 2 is 2.00 bits per heavy atom. The lowest BCUT2D eigenvalue weighted by Gasteiger charge is -2.09. The van der Waals surface area contributed by atoms with E-state index >= 15 is 0 Å². The fourth-order valence-electron chi connectivity index (χ4n) is 2.39. The van der Waals surface area contributed by atoms with Crippen molar-refractivity contribution in [2.75, 3.05) is 11.9 Å². The van der Waals surface area contributed by atoms with Gasteiger partial charge in [0.05, 0.1) is 16.5 Å². The first-order chi connectivity index (χ1) is 11.1. The summed E-state index contributed by atoms with van der Waals surface area (Å²) in [5.74, 6) is -0.829. The molecular weight excluding hydrogens is 296 g/mol. The first-order valence-electron chi connectivity index (χ1n) is 7.02. The number of carbonyl (C=O) groups is 1. The van der Waals surface area contributed by atoms with Gasteiger partial charge >= 0.3 is 11.6 Å². The van der Waals surface area contributed by atoms with E-state index in [1.807, 2.05) is 19.1 Å². The second-order valence-electron chi connectivity index (χ2n) is 5.07. The van der Waals surface area contributed by atoms with Gasteiger partial charge in [-0.15, -0.1) is 0 Å². The average Bonchev–Trinajstić information content (AvgIpc) is 2.53. The number of carboxylic acid groups (broad SMARTS) is 1. The molecule has 6 heteroatoms. The molecule has 0 radical (unpaired) electrons. The largest absolute Gasteiger partial charge is 0.480 e. The smallest absolute Gasteiger partial charge is 0.347 e. The predicted octanol–water partition coefficient (Wildman–Crippen LogP) is 2.66. The Balaban J connectivity index is 2.14. The van der Waals surface area contributed by atoms with Gasteiger partial charge in [0, 0.05) is 5.69 Å². The van der Waals surface area contributed by atoms with Gasteiger partial charge in [0.2, 0.25) is 5.89 Å². The molecule has 3 aromatic rings. The van der Waals surface area contributed by atoms with Crippen LogP contribution in [0.5, 0.6) is 0 Å². The Morgan fingerprint density at radius 3 is 2.78 bits per heavy atom. The molecule has 0 aliphatic carbocycles. The molecule has 0 spiro atoms. The Labute approximate surface area is 131 Å². The second kappa shape index (κ2) is 5.92. The van der Waals surface area contributed by atoms with E-state index in [1.165, 1.54) is 0 Å². The van der Waals surface area contributed by atoms with E-state index in [2.05, 4.69) is 10.3 Å². The lowest BCUT2D eigenvalue weighted by Crippen LogP contribution is -2.13. The van der Waals surface area contributed by atoms with Crippen LogP contribution in [0.1, 0.15) is 5.56 Å². The summed E-state index contributed by atoms with van der Waals surface area (Å²) in [6.45, 7) is 1.58. The summed E-state index contributed by atoms with van der Waals surface area (Å²) in [6, 6.07) is 12.3. The number of para-hydroxylation sites is 1. The van der Waals surface area contributed by atoms with E-state index in [-0.39, 0.29) is 12.4 Å². The molecule has 116 valence electrons. The van der Waals surface area contributed by atoms with E-state index < -0.39 is 11.6 Å². The van der Waals surface area contributed by atoms with Crippen molar-refractivity contribution in [2.24, 2.45) is 0 Å². The van der Waals surface area contributed by atoms with E-state index in [0.717, 1.165) is 5.56 Å². The maximum absolute atomic E-state index is 12.2. The highest BCUT2D eigenvalue weighted by Gasteiger charge is 2.13. The van der Waals surface area contributed by atoms with Gasteiger partial charge in [-0.1, -0.05) is 24.3 Å². The van der Waals surface area contributed by atoms with Crippen molar-refractivity contribution in [3.8, 4) is 11.5 Å². The Kier molecular flexibility index (Phi) is 3.80. The van der Waals surface area contributed by atoms with E-state index in [9.17, 15) is 9.59 Å². The van der Waals surface area contributed by atoms with Crippen LogP contribution in [0.15, 0.2) is 51.7 Å². The fraction of sp³-hybridized carbons (Fsp3) is 0.118. The standard InChI is InChI=1S/C17H14N2O4/c1-10-5-4-8-13-15(10)17(22)23-16(19-13)11-6-2-3-7-12(11)18-9-14(20)21/h2-8,18H,9H2,1H3,(H,20,21). The molecule has 0 atom stereocenters. The van der Waals surface area contributed by atoms with Crippen LogP contribution in [-0.4, -0.2) is 22.6 Å². The zero-order valence-electron chi connectivity index (χ0n) is 12.4. The molecule has 0 bridgehead atoms. The normalized spacial score (nSPS) is 10.7. The fourth-order valence-corrected chi connectivity index (χ4v) is 2.39. The van der Waals surface area contributed by atoms with Crippen molar-refractivity contribution in [3.63, 3.8) is 0 Å². The van der Waals surface area contributed by atoms with Crippen LogP contribution >= 0.6 is 0 Å². The van der Waals surface area contributed by atoms with Crippen molar-refractivity contribution in [3.05, 3.63) is 58.4 Å². The van der Waals surface area contributed by atoms with Crippen molar-refractivity contribution < 1.29 is 14.3 Å². The van der Waals surface area contributed by atoms with Gasteiger partial charge in [-0.3, -0.25) is 4.79 Å². The van der Waals surface area contributed by atoms with Crippen LogP contribution in [-0.2, 0) is 4.79 Å². The summed E-state index contributed by atoms with van der Waals surface area (Å²) in [6.07, 6.45) is 0. The molecule has 2 aromatic carbocycles. The van der Waals surface area contributed by atoms with Crippen molar-refractivity contribution in [2.45, 2.75) is 6.92 Å². The summed E-state index contributed by atoms with van der Waals surface area (Å²) in [5.41, 5.74) is 1.96. The molecule has 3 rings (SSSR count). The predicted molar refractivity (Wildman–Crippen MR) is 86.6 cm³/mol. The Morgan fingerprint density at radius 1 is 1.22 bits per heavy atom. The number of rotatable bonds is 4. The number of aryl methyl sites for hydroxylation is 1. The topological polar surface area (TPSA) is 92.4 Å². The van der Waals surface area contributed by atoms with Crippen LogP contribution in [0.4, 0.5) is 5.69 Å². The molecule has 0 saturated carbocycles. The number of nitrogens with zero attached hydrogens (tertiary/aromatic N) is 1. The number of hydrogen-bond donors (Lipinski definition) is 2. The SMILES string of the molecule is Cc1cccc2nc(-c3ccccc3NCC(=O)O)oc(=O)c12. The van der Waals surface area contributed by atoms with Gasteiger partial charge in [-0.2, -0.15) is 0 Å². The Bertz CT molecular complexity index is 947. The third-order valence-corrected chi connectivity index (χ3v) is 3.45. The number of aliphatic carboxylic acids is 1. The van der Waals surface area contributed by atoms with Crippen molar-refractivity contribution in [1.29, 1.82) is 0 Å². The summed E-state index contributed by atoms with van der Waals surface area (Å²) in [7, 11) is 0. The molecule has 0 aliphatic heterocycles. The van der Waals surface area contributed by atoms with E-state index in [4.69, 9.17) is 9.52 Å². The maximum atomic E-state index is 12.2. The minimum atomic E-state index is -0.983. The van der Waals surface area contributed by atoms with Crippen LogP contribution in [0, 0.1) is 6.92 Å². The number of carboxylic acids is 1. The number of aromatic nitrogens is 1. The summed E-state index contributed by atoms with van der Waals surface area (Å²) < 4.78 is 5.35. The number of nitrogens with one attached hydrogen (secondary N) is 1. The molecular formula is C17H14N2O4. The average molecular weight is 310 g/mol. The summed E-state index contributed by atoms with van der Waals surface area (Å²) in [5, 5.41) is 12.0. The van der Waals surface area contributed by atoms with Crippen LogP contribution < -0.4 is 10.9 Å². The highest BCUT2D eigenvalue weighted by molar-refractivity contribution is 5.84. The minimum absolute atomic E-state index is 0.154. The maximum Gasteiger partial charge on any atom is 0.347 e. The van der Waals surface area contributed by atoms with Crippen molar-refractivity contribution >= 4 is 22.6 Å². The first kappa shape index (κ1) is 14.8. The molecule has 0 amide bonds. The molecule has 0 fully saturated rings. The van der Waals surface area contributed by atoms with Gasteiger partial charge < -0.3 is 14.8 Å². The minimum Gasteiger partial charge on any atom is -0.480 e. The first-order valence-corrected chi connectivity index (χ1v) is 7.02. The molecule has 6 nitrogen and oxygen atoms in total. The lowest BCUT2D eigenvalue weighted by molar-refractivity contribution is -0.134. The van der Waals surface area contributed by atoms with Crippen LogP contribution in [0.2, 0.25) is 0 Å². The van der Waals surface area contributed by atoms with E-state index in [0.29, 0.717) is 22.2 Å². The zero-order chi connectivity index (χ0) is 16.4.